The number of thiazole rings is 1. The number of likely N-dealkylation sites (tertiary alicyclic amines) is 1. The van der Waals surface area contributed by atoms with Crippen molar-refractivity contribution in [2.75, 3.05) is 25.5 Å². The average Bonchev–Trinajstić information content (AvgIpc) is 3.27. The number of hydrogen-bond donors (Lipinski definition) is 2. The summed E-state index contributed by atoms with van der Waals surface area (Å²) in [5, 5.41) is 8.12. The van der Waals surface area contributed by atoms with E-state index in [4.69, 9.17) is 4.74 Å². The van der Waals surface area contributed by atoms with Gasteiger partial charge in [0.05, 0.1) is 19.2 Å². The molecule has 1 fully saturated rings. The van der Waals surface area contributed by atoms with E-state index in [9.17, 15) is 14.0 Å². The van der Waals surface area contributed by atoms with Gasteiger partial charge in [0.15, 0.2) is 16.7 Å². The Morgan fingerprint density at radius 1 is 1.18 bits per heavy atom. The fourth-order valence-electron chi connectivity index (χ4n) is 3.95. The first kappa shape index (κ1) is 23.8. The fourth-order valence-corrected chi connectivity index (χ4v) is 4.65. The van der Waals surface area contributed by atoms with Crippen molar-refractivity contribution in [3.8, 4) is 5.75 Å². The predicted octanol–water partition coefficient (Wildman–Crippen LogP) is 3.87. The summed E-state index contributed by atoms with van der Waals surface area (Å²) in [5.41, 5.74) is 2.09. The number of nitrogens with one attached hydrogen (secondary N) is 2. The van der Waals surface area contributed by atoms with Gasteiger partial charge in [0, 0.05) is 36.6 Å². The van der Waals surface area contributed by atoms with E-state index in [1.165, 1.54) is 24.5 Å². The van der Waals surface area contributed by atoms with Crippen LogP contribution in [0.2, 0.25) is 0 Å². The highest BCUT2D eigenvalue weighted by Gasteiger charge is 2.21. The van der Waals surface area contributed by atoms with E-state index in [2.05, 4.69) is 20.5 Å². The van der Waals surface area contributed by atoms with Crippen LogP contribution < -0.4 is 15.4 Å². The fraction of sp³-hybridized carbons (Fsp3) is 0.320. The predicted molar refractivity (Wildman–Crippen MR) is 130 cm³/mol. The lowest BCUT2D eigenvalue weighted by Gasteiger charge is -2.32. The number of rotatable bonds is 8. The van der Waals surface area contributed by atoms with E-state index in [1.807, 2.05) is 12.1 Å². The van der Waals surface area contributed by atoms with Crippen molar-refractivity contribution in [3.63, 3.8) is 0 Å². The third kappa shape index (κ3) is 6.39. The molecule has 4 rings (SSSR count). The summed E-state index contributed by atoms with van der Waals surface area (Å²) in [6.07, 6.45) is 1.84. The van der Waals surface area contributed by atoms with Crippen molar-refractivity contribution in [1.82, 2.24) is 15.2 Å². The van der Waals surface area contributed by atoms with E-state index >= 15 is 0 Å². The molecule has 1 aromatic heterocycles. The number of hydrogen-bond acceptors (Lipinski definition) is 6. The minimum atomic E-state index is -0.355. The second kappa shape index (κ2) is 11.2. The Morgan fingerprint density at radius 3 is 2.65 bits per heavy atom. The Labute approximate surface area is 202 Å². The summed E-state index contributed by atoms with van der Waals surface area (Å²) >= 11 is 1.30. The second-order valence-corrected chi connectivity index (χ2v) is 9.09. The molecule has 2 aromatic carbocycles. The van der Waals surface area contributed by atoms with Crippen LogP contribution in [-0.4, -0.2) is 47.9 Å². The standard InChI is InChI=1S/C25H27FN4O3S/c1-33-22-8-7-17(13-21(22)26)15-30-11-9-19(10-12-30)27-23(31)14-20-16-34-25(28-20)29-24(32)18-5-3-2-4-6-18/h2-8,13,16,19H,9-12,14-15H2,1H3,(H,27,31)(H,28,29,32). The quantitative estimate of drug-likeness (QED) is 0.509. The molecule has 0 atom stereocenters. The van der Waals surface area contributed by atoms with Crippen LogP contribution in [0.25, 0.3) is 0 Å². The van der Waals surface area contributed by atoms with Crippen LogP contribution in [0.1, 0.15) is 34.5 Å². The third-order valence-electron chi connectivity index (χ3n) is 5.72. The minimum Gasteiger partial charge on any atom is -0.494 e. The molecule has 9 heteroatoms. The van der Waals surface area contributed by atoms with E-state index in [0.29, 0.717) is 22.9 Å². The second-order valence-electron chi connectivity index (χ2n) is 8.23. The first-order valence-corrected chi connectivity index (χ1v) is 12.0. The molecular weight excluding hydrogens is 455 g/mol. The summed E-state index contributed by atoms with van der Waals surface area (Å²) in [6, 6.07) is 14.1. The van der Waals surface area contributed by atoms with Crippen LogP contribution in [0.5, 0.6) is 5.75 Å². The number of carbonyl (C=O) groups is 2. The molecule has 2 N–H and O–H groups in total. The normalized spacial score (nSPS) is 14.5. The monoisotopic (exact) mass is 482 g/mol. The van der Waals surface area contributed by atoms with Crippen molar-refractivity contribution in [2.24, 2.45) is 0 Å². The smallest absolute Gasteiger partial charge is 0.257 e. The molecule has 3 aromatic rings. The number of ether oxygens (including phenoxy) is 1. The van der Waals surface area contributed by atoms with Gasteiger partial charge in [-0.1, -0.05) is 24.3 Å². The minimum absolute atomic E-state index is 0.0816. The van der Waals surface area contributed by atoms with Gasteiger partial charge in [-0.3, -0.25) is 19.8 Å². The molecule has 0 bridgehead atoms. The molecule has 0 unspecified atom stereocenters. The van der Waals surface area contributed by atoms with Crippen LogP contribution in [0, 0.1) is 5.82 Å². The third-order valence-corrected chi connectivity index (χ3v) is 6.53. The number of nitrogens with zero attached hydrogens (tertiary/aromatic N) is 2. The molecule has 0 saturated carbocycles. The molecule has 0 radical (unpaired) electrons. The molecule has 34 heavy (non-hydrogen) atoms. The van der Waals surface area contributed by atoms with Crippen LogP contribution in [0.4, 0.5) is 9.52 Å². The van der Waals surface area contributed by atoms with Gasteiger partial charge >= 0.3 is 0 Å². The number of anilines is 1. The van der Waals surface area contributed by atoms with Crippen molar-refractivity contribution < 1.29 is 18.7 Å². The Bertz CT molecular complexity index is 1130. The van der Waals surface area contributed by atoms with Crippen molar-refractivity contribution >= 4 is 28.3 Å². The summed E-state index contributed by atoms with van der Waals surface area (Å²) in [5.74, 6) is -0.417. The topological polar surface area (TPSA) is 83.6 Å². The van der Waals surface area contributed by atoms with Gasteiger partial charge < -0.3 is 10.1 Å². The maximum absolute atomic E-state index is 13.9. The summed E-state index contributed by atoms with van der Waals surface area (Å²) in [4.78, 5) is 31.4. The molecule has 1 saturated heterocycles. The van der Waals surface area contributed by atoms with Gasteiger partial charge in [-0.15, -0.1) is 11.3 Å². The van der Waals surface area contributed by atoms with Gasteiger partial charge in [-0.2, -0.15) is 0 Å². The van der Waals surface area contributed by atoms with Crippen LogP contribution in [0.15, 0.2) is 53.9 Å². The lowest BCUT2D eigenvalue weighted by atomic mass is 10.0. The number of carbonyl (C=O) groups excluding carboxylic acids is 2. The van der Waals surface area contributed by atoms with E-state index in [1.54, 1.807) is 35.7 Å². The van der Waals surface area contributed by atoms with Crippen molar-refractivity contribution in [1.29, 1.82) is 0 Å². The van der Waals surface area contributed by atoms with Gasteiger partial charge in [-0.25, -0.2) is 9.37 Å². The van der Waals surface area contributed by atoms with E-state index in [0.717, 1.165) is 31.5 Å². The molecular formula is C25H27FN4O3S. The van der Waals surface area contributed by atoms with Gasteiger partial charge in [-0.05, 0) is 42.7 Å². The average molecular weight is 483 g/mol. The van der Waals surface area contributed by atoms with Crippen LogP contribution in [0.3, 0.4) is 0 Å². The van der Waals surface area contributed by atoms with Crippen molar-refractivity contribution in [3.05, 3.63) is 76.5 Å². The van der Waals surface area contributed by atoms with Gasteiger partial charge in [0.2, 0.25) is 5.91 Å². The maximum Gasteiger partial charge on any atom is 0.257 e. The first-order valence-electron chi connectivity index (χ1n) is 11.1. The zero-order chi connectivity index (χ0) is 23.9. The molecule has 2 amide bonds. The Balaban J connectivity index is 1.20. The summed E-state index contributed by atoms with van der Waals surface area (Å²) in [7, 11) is 1.45. The number of halogens is 1. The zero-order valence-electron chi connectivity index (χ0n) is 18.9. The highest BCUT2D eigenvalue weighted by molar-refractivity contribution is 7.14. The number of benzene rings is 2. The van der Waals surface area contributed by atoms with E-state index < -0.39 is 0 Å². The van der Waals surface area contributed by atoms with Gasteiger partial charge in [0.1, 0.15) is 0 Å². The number of methoxy groups -OCH3 is 1. The zero-order valence-corrected chi connectivity index (χ0v) is 19.7. The number of piperidine rings is 1. The molecule has 1 aliphatic rings. The maximum atomic E-state index is 13.9. The molecule has 7 nitrogen and oxygen atoms in total. The van der Waals surface area contributed by atoms with Crippen molar-refractivity contribution in [2.45, 2.75) is 31.8 Å². The Kier molecular flexibility index (Phi) is 7.87. The number of aromatic nitrogens is 1. The molecule has 1 aliphatic heterocycles. The first-order chi connectivity index (χ1) is 16.5. The largest absolute Gasteiger partial charge is 0.494 e. The SMILES string of the molecule is COc1ccc(CN2CCC(NC(=O)Cc3csc(NC(=O)c4ccccc4)n3)CC2)cc1F. The van der Waals surface area contributed by atoms with Gasteiger partial charge in [0.25, 0.3) is 5.91 Å². The summed E-state index contributed by atoms with van der Waals surface area (Å²) < 4.78 is 18.9. The molecule has 2 heterocycles. The molecule has 178 valence electrons. The molecule has 0 aliphatic carbocycles. The lowest BCUT2D eigenvalue weighted by Crippen LogP contribution is -2.44. The highest BCUT2D eigenvalue weighted by atomic mass is 32.1. The summed E-state index contributed by atoms with van der Waals surface area (Å²) in [6.45, 7) is 2.31. The lowest BCUT2D eigenvalue weighted by molar-refractivity contribution is -0.121. The number of amides is 2. The van der Waals surface area contributed by atoms with Crippen LogP contribution in [-0.2, 0) is 17.8 Å². The van der Waals surface area contributed by atoms with E-state index in [-0.39, 0.29) is 35.8 Å². The highest BCUT2D eigenvalue weighted by Crippen LogP contribution is 2.21. The van der Waals surface area contributed by atoms with Crippen LogP contribution >= 0.6 is 11.3 Å². The molecule has 0 spiro atoms. The Morgan fingerprint density at radius 2 is 1.94 bits per heavy atom. The Hall–Kier alpha value is -3.30.